The van der Waals surface area contributed by atoms with Crippen LogP contribution in [0.25, 0.3) is 0 Å². The van der Waals surface area contributed by atoms with E-state index in [1.54, 1.807) is 0 Å². The third-order valence-electron chi connectivity index (χ3n) is 2.70. The molecule has 0 aliphatic rings. The van der Waals surface area contributed by atoms with Gasteiger partial charge in [-0.25, -0.2) is 0 Å². The van der Waals surface area contributed by atoms with Crippen LogP contribution >= 0.6 is 0 Å². The second-order valence-corrected chi connectivity index (χ2v) is 4.20. The summed E-state index contributed by atoms with van der Waals surface area (Å²) < 4.78 is 0. The Morgan fingerprint density at radius 1 is 1.18 bits per heavy atom. The minimum Gasteiger partial charge on any atom is -0.362 e. The summed E-state index contributed by atoms with van der Waals surface area (Å²) in [5.74, 6) is 0. The van der Waals surface area contributed by atoms with Crippen molar-refractivity contribution in [3.63, 3.8) is 0 Å². The first kappa shape index (κ1) is 11.9. The molecule has 0 amide bonds. The van der Waals surface area contributed by atoms with Crippen LogP contribution in [0.15, 0.2) is 36.4 Å². The van der Waals surface area contributed by atoms with Gasteiger partial charge in [0.25, 0.3) is 0 Å². The summed E-state index contributed by atoms with van der Waals surface area (Å²) in [7, 11) is 0. The van der Waals surface area contributed by atoms with Gasteiger partial charge in [-0.3, -0.25) is 4.84 Å². The van der Waals surface area contributed by atoms with E-state index in [1.165, 1.54) is 22.5 Å². The lowest BCUT2D eigenvalue weighted by Gasteiger charge is -2.05. The Morgan fingerprint density at radius 2 is 1.94 bits per heavy atom. The average molecular weight is 230 g/mol. The lowest BCUT2D eigenvalue weighted by Crippen LogP contribution is -2.14. The summed E-state index contributed by atoms with van der Waals surface area (Å²) >= 11 is 0. The molecule has 0 unspecified atom stereocenters. The third kappa shape index (κ3) is 3.44. The second kappa shape index (κ2) is 5.66. The maximum Gasteiger partial charge on any atom is 0.0933 e. The van der Waals surface area contributed by atoms with Gasteiger partial charge in [0.05, 0.1) is 6.61 Å². The molecule has 0 atom stereocenters. The van der Waals surface area contributed by atoms with Crippen molar-refractivity contribution in [2.75, 3.05) is 0 Å². The molecule has 1 aromatic carbocycles. The summed E-state index contributed by atoms with van der Waals surface area (Å²) in [6.07, 6.45) is 0. The summed E-state index contributed by atoms with van der Waals surface area (Å²) in [5, 5.41) is 0. The first-order chi connectivity index (χ1) is 8.25. The van der Waals surface area contributed by atoms with Crippen LogP contribution < -0.4 is 5.48 Å². The van der Waals surface area contributed by atoms with Crippen LogP contribution in [0.4, 0.5) is 0 Å². The van der Waals surface area contributed by atoms with Crippen LogP contribution in [0, 0.1) is 13.8 Å². The molecular formula is C14H18N2O. The van der Waals surface area contributed by atoms with Crippen molar-refractivity contribution < 1.29 is 4.84 Å². The van der Waals surface area contributed by atoms with Gasteiger partial charge in [0.2, 0.25) is 0 Å². The van der Waals surface area contributed by atoms with Crippen LogP contribution in [0.1, 0.15) is 22.5 Å². The molecule has 0 aliphatic heterocycles. The molecule has 2 N–H and O–H groups in total. The zero-order valence-corrected chi connectivity index (χ0v) is 10.3. The van der Waals surface area contributed by atoms with Crippen LogP contribution in [0.3, 0.4) is 0 Å². The zero-order chi connectivity index (χ0) is 12.1. The average Bonchev–Trinajstić information content (AvgIpc) is 2.65. The number of rotatable bonds is 5. The molecule has 90 valence electrons. The van der Waals surface area contributed by atoms with E-state index in [4.69, 9.17) is 4.84 Å². The standard InChI is InChI=1S/C14H18N2O/c1-11-8-14(12(2)16-11)9-15-17-10-13-6-4-3-5-7-13/h3-8,15-16H,9-10H2,1-2H3. The van der Waals surface area contributed by atoms with Gasteiger partial charge >= 0.3 is 0 Å². The van der Waals surface area contributed by atoms with Crippen molar-refractivity contribution in [3.8, 4) is 0 Å². The Labute approximate surface area is 102 Å². The fourth-order valence-electron chi connectivity index (χ4n) is 1.80. The Morgan fingerprint density at radius 3 is 2.59 bits per heavy atom. The third-order valence-corrected chi connectivity index (χ3v) is 2.70. The van der Waals surface area contributed by atoms with Gasteiger partial charge < -0.3 is 4.98 Å². The highest BCUT2D eigenvalue weighted by atomic mass is 16.6. The van der Waals surface area contributed by atoms with Crippen molar-refractivity contribution in [2.24, 2.45) is 0 Å². The molecule has 0 spiro atoms. The van der Waals surface area contributed by atoms with Gasteiger partial charge in [0.15, 0.2) is 0 Å². The van der Waals surface area contributed by atoms with E-state index >= 15 is 0 Å². The molecule has 0 bridgehead atoms. The van der Waals surface area contributed by atoms with Crippen LogP contribution in [-0.4, -0.2) is 4.98 Å². The number of hydrogen-bond acceptors (Lipinski definition) is 2. The number of hydrogen-bond donors (Lipinski definition) is 2. The van der Waals surface area contributed by atoms with E-state index in [1.807, 2.05) is 30.3 Å². The fourth-order valence-corrected chi connectivity index (χ4v) is 1.80. The van der Waals surface area contributed by atoms with Crippen molar-refractivity contribution in [2.45, 2.75) is 27.0 Å². The molecule has 2 rings (SSSR count). The van der Waals surface area contributed by atoms with Crippen molar-refractivity contribution >= 4 is 0 Å². The highest BCUT2D eigenvalue weighted by Crippen LogP contribution is 2.08. The Hall–Kier alpha value is -1.58. The maximum atomic E-state index is 5.42. The van der Waals surface area contributed by atoms with Crippen molar-refractivity contribution in [3.05, 3.63) is 58.9 Å². The van der Waals surface area contributed by atoms with E-state index in [9.17, 15) is 0 Å². The van der Waals surface area contributed by atoms with Crippen LogP contribution in [-0.2, 0) is 18.0 Å². The van der Waals surface area contributed by atoms with E-state index in [0.717, 1.165) is 6.54 Å². The molecule has 17 heavy (non-hydrogen) atoms. The monoisotopic (exact) mass is 230 g/mol. The molecule has 0 aliphatic carbocycles. The quantitative estimate of drug-likeness (QED) is 0.612. The van der Waals surface area contributed by atoms with Gasteiger partial charge in [-0.2, -0.15) is 5.48 Å². The summed E-state index contributed by atoms with van der Waals surface area (Å²) in [5.41, 5.74) is 7.77. The SMILES string of the molecule is Cc1cc(CNOCc2ccccc2)c(C)[nH]1. The molecule has 0 radical (unpaired) electrons. The molecule has 3 heteroatoms. The number of aryl methyl sites for hydroxylation is 2. The lowest BCUT2D eigenvalue weighted by atomic mass is 10.2. The molecule has 0 saturated heterocycles. The second-order valence-electron chi connectivity index (χ2n) is 4.20. The smallest absolute Gasteiger partial charge is 0.0933 e. The van der Waals surface area contributed by atoms with Gasteiger partial charge in [-0.1, -0.05) is 30.3 Å². The molecule has 2 aromatic rings. The number of aromatic amines is 1. The molecule has 0 fully saturated rings. The summed E-state index contributed by atoms with van der Waals surface area (Å²) in [4.78, 5) is 8.69. The molecule has 3 nitrogen and oxygen atoms in total. The first-order valence-corrected chi connectivity index (χ1v) is 5.79. The maximum absolute atomic E-state index is 5.42. The zero-order valence-electron chi connectivity index (χ0n) is 10.3. The van der Waals surface area contributed by atoms with E-state index in [-0.39, 0.29) is 0 Å². The molecule has 1 heterocycles. The Kier molecular flexibility index (Phi) is 3.96. The number of hydroxylamine groups is 1. The highest BCUT2D eigenvalue weighted by molar-refractivity contribution is 5.23. The minimum atomic E-state index is 0.587. The predicted octanol–water partition coefficient (Wildman–Crippen LogP) is 2.85. The van der Waals surface area contributed by atoms with Gasteiger partial charge in [0.1, 0.15) is 0 Å². The van der Waals surface area contributed by atoms with Crippen LogP contribution in [0.5, 0.6) is 0 Å². The van der Waals surface area contributed by atoms with E-state index < -0.39 is 0 Å². The van der Waals surface area contributed by atoms with Gasteiger partial charge in [-0.05, 0) is 31.0 Å². The minimum absolute atomic E-state index is 0.587. The van der Waals surface area contributed by atoms with Crippen molar-refractivity contribution in [1.29, 1.82) is 0 Å². The van der Waals surface area contributed by atoms with Gasteiger partial charge in [-0.15, -0.1) is 0 Å². The molecule has 1 aromatic heterocycles. The van der Waals surface area contributed by atoms with Crippen LogP contribution in [0.2, 0.25) is 0 Å². The Balaban J connectivity index is 1.75. The normalized spacial score (nSPS) is 10.7. The van der Waals surface area contributed by atoms with Gasteiger partial charge in [0, 0.05) is 17.9 Å². The summed E-state index contributed by atoms with van der Waals surface area (Å²) in [6, 6.07) is 12.3. The summed E-state index contributed by atoms with van der Waals surface area (Å²) in [6.45, 7) is 5.44. The first-order valence-electron chi connectivity index (χ1n) is 5.79. The topological polar surface area (TPSA) is 37.0 Å². The van der Waals surface area contributed by atoms with E-state index in [0.29, 0.717) is 6.61 Å². The fraction of sp³-hybridized carbons (Fsp3) is 0.286. The number of aromatic nitrogens is 1. The molecular weight excluding hydrogens is 212 g/mol. The largest absolute Gasteiger partial charge is 0.362 e. The lowest BCUT2D eigenvalue weighted by molar-refractivity contribution is 0.0234. The number of benzene rings is 1. The number of nitrogens with one attached hydrogen (secondary N) is 2. The van der Waals surface area contributed by atoms with Crippen molar-refractivity contribution in [1.82, 2.24) is 10.5 Å². The van der Waals surface area contributed by atoms with E-state index in [2.05, 4.69) is 30.4 Å². The Bertz CT molecular complexity index is 462. The number of H-pyrrole nitrogens is 1. The predicted molar refractivity (Wildman–Crippen MR) is 68.3 cm³/mol. The highest BCUT2D eigenvalue weighted by Gasteiger charge is 2.01. The molecule has 0 saturated carbocycles.